The molecule has 23 heavy (non-hydrogen) atoms. The Labute approximate surface area is 134 Å². The predicted molar refractivity (Wildman–Crippen MR) is 79.9 cm³/mol. The molecule has 1 saturated heterocycles. The summed E-state index contributed by atoms with van der Waals surface area (Å²) in [5, 5.41) is 2.90. The van der Waals surface area contributed by atoms with E-state index in [-0.39, 0.29) is 35.2 Å². The molecule has 0 bridgehead atoms. The minimum absolute atomic E-state index is 0.0133. The Kier molecular flexibility index (Phi) is 3.85. The van der Waals surface area contributed by atoms with Gasteiger partial charge < -0.3 is 8.94 Å². The third kappa shape index (κ3) is 2.81. The van der Waals surface area contributed by atoms with Gasteiger partial charge in [0.25, 0.3) is 0 Å². The third-order valence-corrected chi connectivity index (χ3v) is 7.89. The van der Waals surface area contributed by atoms with Crippen molar-refractivity contribution < 1.29 is 25.8 Å². The van der Waals surface area contributed by atoms with Crippen LogP contribution in [0, 0.1) is 13.8 Å². The highest BCUT2D eigenvalue weighted by molar-refractivity contribution is 7.92. The first-order valence-electron chi connectivity index (χ1n) is 6.89. The van der Waals surface area contributed by atoms with Crippen molar-refractivity contribution in [1.29, 1.82) is 0 Å². The van der Waals surface area contributed by atoms with E-state index in [1.165, 1.54) is 20.1 Å². The fourth-order valence-electron chi connectivity index (χ4n) is 2.51. The summed E-state index contributed by atoms with van der Waals surface area (Å²) in [6.07, 6.45) is 1.40. The average Bonchev–Trinajstić information content (AvgIpc) is 2.96. The van der Waals surface area contributed by atoms with Gasteiger partial charge in [0.05, 0.1) is 11.5 Å². The summed E-state index contributed by atoms with van der Waals surface area (Å²) >= 11 is 0. The second-order valence-electron chi connectivity index (χ2n) is 5.48. The fraction of sp³-hybridized carbons (Fsp3) is 0.462. The van der Waals surface area contributed by atoms with Crippen molar-refractivity contribution >= 4 is 19.9 Å². The van der Waals surface area contributed by atoms with Crippen LogP contribution in [0.25, 0.3) is 0 Å². The fourth-order valence-corrected chi connectivity index (χ4v) is 6.13. The summed E-state index contributed by atoms with van der Waals surface area (Å²) in [4.78, 5) is 0.0133. The zero-order chi connectivity index (χ0) is 16.8. The Morgan fingerprint density at radius 3 is 2.48 bits per heavy atom. The first-order chi connectivity index (χ1) is 10.7. The second kappa shape index (κ2) is 5.46. The Morgan fingerprint density at radius 1 is 1.26 bits per heavy atom. The molecule has 2 aromatic rings. The number of nitrogens with zero attached hydrogens (tertiary/aromatic N) is 2. The summed E-state index contributed by atoms with van der Waals surface area (Å²) in [5.74, 6) is 0.311. The number of furan rings is 1. The van der Waals surface area contributed by atoms with E-state index in [0.717, 1.165) is 4.31 Å². The van der Waals surface area contributed by atoms with Crippen molar-refractivity contribution in [2.45, 2.75) is 29.7 Å². The van der Waals surface area contributed by atoms with E-state index in [0.29, 0.717) is 5.76 Å². The maximum Gasteiger partial charge on any atom is 0.248 e. The molecule has 0 aromatic carbocycles. The monoisotopic (exact) mass is 360 g/mol. The lowest BCUT2D eigenvalue weighted by Crippen LogP contribution is -2.57. The normalized spacial score (nSPS) is 17.3. The van der Waals surface area contributed by atoms with Gasteiger partial charge in [-0.3, -0.25) is 0 Å². The van der Waals surface area contributed by atoms with Crippen LogP contribution in [0.5, 0.6) is 0 Å². The number of hydrogen-bond acceptors (Lipinski definition) is 7. The summed E-state index contributed by atoms with van der Waals surface area (Å²) in [7, 11) is -7.25. The molecule has 0 amide bonds. The quantitative estimate of drug-likeness (QED) is 0.778. The van der Waals surface area contributed by atoms with E-state index in [4.69, 9.17) is 8.94 Å². The third-order valence-electron chi connectivity index (χ3n) is 3.81. The molecule has 1 fully saturated rings. The molecule has 1 aliphatic rings. The molecule has 8 nitrogen and oxygen atoms in total. The minimum Gasteiger partial charge on any atom is -0.468 e. The Balaban J connectivity index is 1.74. The zero-order valence-corrected chi connectivity index (χ0v) is 14.2. The smallest absolute Gasteiger partial charge is 0.248 e. The van der Waals surface area contributed by atoms with Crippen LogP contribution in [0.4, 0.5) is 0 Å². The molecule has 0 radical (unpaired) electrons. The molecule has 2 aromatic heterocycles. The van der Waals surface area contributed by atoms with Gasteiger partial charge in [0.2, 0.25) is 10.0 Å². The number of rotatable bonds is 5. The van der Waals surface area contributed by atoms with Crippen molar-refractivity contribution in [3.05, 3.63) is 35.6 Å². The van der Waals surface area contributed by atoms with E-state index >= 15 is 0 Å². The molecular weight excluding hydrogens is 344 g/mol. The van der Waals surface area contributed by atoms with Gasteiger partial charge in [0, 0.05) is 13.1 Å². The summed E-state index contributed by atoms with van der Waals surface area (Å²) in [5.41, 5.74) is 0.268. The van der Waals surface area contributed by atoms with E-state index in [1.54, 1.807) is 12.1 Å². The van der Waals surface area contributed by atoms with Crippen LogP contribution >= 0.6 is 0 Å². The summed E-state index contributed by atoms with van der Waals surface area (Å²) in [6.45, 7) is 2.90. The molecule has 10 heteroatoms. The topological polar surface area (TPSA) is 111 Å². The van der Waals surface area contributed by atoms with Gasteiger partial charge in [-0.2, -0.15) is 4.31 Å². The van der Waals surface area contributed by atoms with Crippen molar-refractivity contribution in [3.8, 4) is 0 Å². The van der Waals surface area contributed by atoms with Gasteiger partial charge in [0.1, 0.15) is 22.1 Å². The van der Waals surface area contributed by atoms with Gasteiger partial charge in [-0.1, -0.05) is 5.16 Å². The van der Waals surface area contributed by atoms with Crippen molar-refractivity contribution in [3.63, 3.8) is 0 Å². The van der Waals surface area contributed by atoms with Crippen LogP contribution in [-0.2, 0) is 25.6 Å². The lowest BCUT2D eigenvalue weighted by molar-refractivity contribution is 0.308. The molecule has 0 unspecified atom stereocenters. The first-order valence-corrected chi connectivity index (χ1v) is 10.0. The Hall–Kier alpha value is -1.65. The SMILES string of the molecule is Cc1noc(C)c1S(=O)(=O)N1CC(S(=O)(=O)Cc2ccco2)C1. The van der Waals surface area contributed by atoms with Crippen LogP contribution < -0.4 is 0 Å². The molecule has 1 aliphatic heterocycles. The lowest BCUT2D eigenvalue weighted by Gasteiger charge is -2.37. The van der Waals surface area contributed by atoms with E-state index < -0.39 is 25.1 Å². The van der Waals surface area contributed by atoms with E-state index in [9.17, 15) is 16.8 Å². The number of aryl methyl sites for hydroxylation is 2. The molecule has 0 N–H and O–H groups in total. The van der Waals surface area contributed by atoms with Crippen LogP contribution in [0.2, 0.25) is 0 Å². The standard InChI is InChI=1S/C13H16N2O6S2/c1-9-13(10(2)21-14-9)23(18,19)15-6-12(7-15)22(16,17)8-11-4-3-5-20-11/h3-5,12H,6-8H2,1-2H3. The highest BCUT2D eigenvalue weighted by Crippen LogP contribution is 2.30. The van der Waals surface area contributed by atoms with Crippen molar-refractivity contribution in [2.24, 2.45) is 0 Å². The molecular formula is C13H16N2O6S2. The zero-order valence-electron chi connectivity index (χ0n) is 12.6. The van der Waals surface area contributed by atoms with E-state index in [2.05, 4.69) is 5.16 Å². The Morgan fingerprint density at radius 2 is 1.96 bits per heavy atom. The van der Waals surface area contributed by atoms with Crippen LogP contribution in [-0.4, -0.2) is 44.6 Å². The van der Waals surface area contributed by atoms with Gasteiger partial charge in [-0.05, 0) is 26.0 Å². The molecule has 0 atom stereocenters. The molecule has 3 rings (SSSR count). The lowest BCUT2D eigenvalue weighted by atomic mass is 10.3. The molecule has 0 spiro atoms. The molecule has 3 heterocycles. The van der Waals surface area contributed by atoms with Gasteiger partial charge in [-0.25, -0.2) is 16.8 Å². The molecule has 0 saturated carbocycles. The number of sulfone groups is 1. The first kappa shape index (κ1) is 16.2. The van der Waals surface area contributed by atoms with Crippen molar-refractivity contribution in [2.75, 3.05) is 13.1 Å². The number of hydrogen-bond donors (Lipinski definition) is 0. The Bertz CT molecular complexity index is 886. The van der Waals surface area contributed by atoms with Crippen LogP contribution in [0.3, 0.4) is 0 Å². The molecule has 0 aliphatic carbocycles. The summed E-state index contributed by atoms with van der Waals surface area (Å²) in [6, 6.07) is 3.19. The number of sulfonamides is 1. The second-order valence-corrected chi connectivity index (χ2v) is 9.64. The maximum atomic E-state index is 12.5. The van der Waals surface area contributed by atoms with Gasteiger partial charge in [-0.15, -0.1) is 0 Å². The average molecular weight is 360 g/mol. The largest absolute Gasteiger partial charge is 0.468 e. The van der Waals surface area contributed by atoms with Gasteiger partial charge in [0.15, 0.2) is 15.6 Å². The summed E-state index contributed by atoms with van der Waals surface area (Å²) < 4.78 is 60.6. The minimum atomic E-state index is -3.79. The van der Waals surface area contributed by atoms with Crippen LogP contribution in [0.1, 0.15) is 17.2 Å². The van der Waals surface area contributed by atoms with Crippen LogP contribution in [0.15, 0.2) is 32.2 Å². The number of aromatic nitrogens is 1. The predicted octanol–water partition coefficient (Wildman–Crippen LogP) is 0.872. The maximum absolute atomic E-state index is 12.5. The highest BCUT2D eigenvalue weighted by Gasteiger charge is 2.45. The van der Waals surface area contributed by atoms with E-state index in [1.807, 2.05) is 0 Å². The van der Waals surface area contributed by atoms with Crippen molar-refractivity contribution in [1.82, 2.24) is 9.46 Å². The van der Waals surface area contributed by atoms with Gasteiger partial charge >= 0.3 is 0 Å². The highest BCUT2D eigenvalue weighted by atomic mass is 32.2. The molecule has 126 valence electrons.